The van der Waals surface area contributed by atoms with Gasteiger partial charge in [-0.15, -0.1) is 0 Å². The van der Waals surface area contributed by atoms with Crippen molar-refractivity contribution < 1.29 is 0 Å². The Kier molecular flexibility index (Phi) is 2.74. The molecule has 1 N–H and O–H groups in total. The zero-order valence-electron chi connectivity index (χ0n) is 7.73. The number of anilines is 1. The molecule has 13 heavy (non-hydrogen) atoms. The molecule has 1 aromatic heterocycles. The summed E-state index contributed by atoms with van der Waals surface area (Å²) in [7, 11) is 0. The fourth-order valence-corrected chi connectivity index (χ4v) is 2.91. The van der Waals surface area contributed by atoms with Crippen LogP contribution in [0.4, 0.5) is 5.69 Å². The van der Waals surface area contributed by atoms with E-state index in [2.05, 4.69) is 17.2 Å². The van der Waals surface area contributed by atoms with Gasteiger partial charge in [0.2, 0.25) is 0 Å². The lowest BCUT2D eigenvalue weighted by atomic mass is 10.1. The van der Waals surface area contributed by atoms with Crippen molar-refractivity contribution in [2.24, 2.45) is 5.92 Å². The standard InChI is InChI=1S/C10H14N2S/c1-8-6-13-7-10(8)12-9-2-4-11-5-3-9/h2-5,8,10H,6-7H2,1H3,(H,11,12). The fourth-order valence-electron chi connectivity index (χ4n) is 1.51. The van der Waals surface area contributed by atoms with E-state index in [0.29, 0.717) is 6.04 Å². The van der Waals surface area contributed by atoms with Gasteiger partial charge in [0.25, 0.3) is 0 Å². The molecule has 3 heteroatoms. The lowest BCUT2D eigenvalue weighted by molar-refractivity contribution is 0.599. The Balaban J connectivity index is 1.98. The number of aromatic nitrogens is 1. The van der Waals surface area contributed by atoms with Crippen molar-refractivity contribution >= 4 is 17.4 Å². The fraction of sp³-hybridized carbons (Fsp3) is 0.500. The van der Waals surface area contributed by atoms with Crippen molar-refractivity contribution in [1.82, 2.24) is 4.98 Å². The molecule has 0 saturated carbocycles. The monoisotopic (exact) mass is 194 g/mol. The summed E-state index contributed by atoms with van der Waals surface area (Å²) >= 11 is 2.03. The average molecular weight is 194 g/mol. The van der Waals surface area contributed by atoms with Gasteiger partial charge in [-0.05, 0) is 23.8 Å². The maximum Gasteiger partial charge on any atom is 0.0385 e. The van der Waals surface area contributed by atoms with E-state index < -0.39 is 0 Å². The van der Waals surface area contributed by atoms with Gasteiger partial charge in [-0.1, -0.05) is 6.92 Å². The second kappa shape index (κ2) is 4.01. The zero-order chi connectivity index (χ0) is 9.10. The van der Waals surface area contributed by atoms with Crippen LogP contribution >= 0.6 is 11.8 Å². The quantitative estimate of drug-likeness (QED) is 0.781. The molecule has 1 aromatic rings. The number of nitrogens with one attached hydrogen (secondary N) is 1. The van der Waals surface area contributed by atoms with Crippen LogP contribution in [0.2, 0.25) is 0 Å². The number of hydrogen-bond donors (Lipinski definition) is 1. The van der Waals surface area contributed by atoms with E-state index >= 15 is 0 Å². The zero-order valence-corrected chi connectivity index (χ0v) is 8.55. The Hall–Kier alpha value is -0.700. The highest BCUT2D eigenvalue weighted by Gasteiger charge is 2.23. The number of rotatable bonds is 2. The molecule has 2 unspecified atom stereocenters. The van der Waals surface area contributed by atoms with Crippen LogP contribution in [0, 0.1) is 5.92 Å². The smallest absolute Gasteiger partial charge is 0.0385 e. The van der Waals surface area contributed by atoms with Gasteiger partial charge in [-0.3, -0.25) is 4.98 Å². The van der Waals surface area contributed by atoms with Crippen LogP contribution in [0.5, 0.6) is 0 Å². The molecular formula is C10H14N2S. The van der Waals surface area contributed by atoms with Gasteiger partial charge in [-0.2, -0.15) is 11.8 Å². The third-order valence-electron chi connectivity index (χ3n) is 2.40. The molecule has 0 amide bonds. The molecule has 1 aliphatic heterocycles. The largest absolute Gasteiger partial charge is 0.381 e. The van der Waals surface area contributed by atoms with E-state index in [4.69, 9.17) is 0 Å². The van der Waals surface area contributed by atoms with Gasteiger partial charge in [0.15, 0.2) is 0 Å². The highest BCUT2D eigenvalue weighted by atomic mass is 32.2. The predicted octanol–water partition coefficient (Wildman–Crippen LogP) is 2.25. The number of hydrogen-bond acceptors (Lipinski definition) is 3. The number of pyridine rings is 1. The molecule has 1 fully saturated rings. The molecule has 1 saturated heterocycles. The summed E-state index contributed by atoms with van der Waals surface area (Å²) in [5, 5.41) is 3.53. The second-order valence-corrected chi connectivity index (χ2v) is 4.58. The van der Waals surface area contributed by atoms with Crippen molar-refractivity contribution in [3.05, 3.63) is 24.5 Å². The van der Waals surface area contributed by atoms with Crippen molar-refractivity contribution in [2.75, 3.05) is 16.8 Å². The van der Waals surface area contributed by atoms with Gasteiger partial charge in [0, 0.05) is 29.9 Å². The first-order valence-corrected chi connectivity index (χ1v) is 5.76. The van der Waals surface area contributed by atoms with Crippen LogP contribution in [-0.4, -0.2) is 22.5 Å². The molecule has 1 aliphatic rings. The van der Waals surface area contributed by atoms with Crippen molar-refractivity contribution in [3.8, 4) is 0 Å². The average Bonchev–Trinajstić information content (AvgIpc) is 2.54. The molecule has 0 spiro atoms. The molecule has 2 atom stereocenters. The van der Waals surface area contributed by atoms with Gasteiger partial charge < -0.3 is 5.32 Å². The summed E-state index contributed by atoms with van der Waals surface area (Å²) in [6.07, 6.45) is 3.66. The van der Waals surface area contributed by atoms with E-state index in [1.54, 1.807) is 0 Å². The normalized spacial score (nSPS) is 27.5. The molecule has 2 heterocycles. The van der Waals surface area contributed by atoms with Gasteiger partial charge in [0.05, 0.1) is 0 Å². The Labute approximate surface area is 83.1 Å². The summed E-state index contributed by atoms with van der Waals surface area (Å²) in [5.41, 5.74) is 1.19. The third kappa shape index (κ3) is 2.15. The minimum absolute atomic E-state index is 0.632. The van der Waals surface area contributed by atoms with Gasteiger partial charge in [-0.25, -0.2) is 0 Å². The Bertz CT molecular complexity index is 263. The van der Waals surface area contributed by atoms with Gasteiger partial charge >= 0.3 is 0 Å². The number of nitrogens with zero attached hydrogens (tertiary/aromatic N) is 1. The molecule has 2 rings (SSSR count). The summed E-state index contributed by atoms with van der Waals surface area (Å²) in [6, 6.07) is 4.68. The summed E-state index contributed by atoms with van der Waals surface area (Å²) < 4.78 is 0. The Morgan fingerprint density at radius 1 is 1.38 bits per heavy atom. The van der Waals surface area contributed by atoms with Crippen LogP contribution in [0.25, 0.3) is 0 Å². The Morgan fingerprint density at radius 3 is 2.77 bits per heavy atom. The third-order valence-corrected chi connectivity index (χ3v) is 3.75. The lowest BCUT2D eigenvalue weighted by Gasteiger charge is -2.17. The molecule has 70 valence electrons. The Morgan fingerprint density at radius 2 is 2.15 bits per heavy atom. The van der Waals surface area contributed by atoms with E-state index in [9.17, 15) is 0 Å². The molecule has 0 bridgehead atoms. The maximum atomic E-state index is 3.99. The highest BCUT2D eigenvalue weighted by Crippen LogP contribution is 2.26. The summed E-state index contributed by atoms with van der Waals surface area (Å²) in [6.45, 7) is 2.30. The van der Waals surface area contributed by atoms with Crippen molar-refractivity contribution in [2.45, 2.75) is 13.0 Å². The van der Waals surface area contributed by atoms with Crippen LogP contribution in [0.15, 0.2) is 24.5 Å². The van der Waals surface area contributed by atoms with E-state index in [0.717, 1.165) is 5.92 Å². The van der Waals surface area contributed by atoms with E-state index in [1.165, 1.54) is 17.2 Å². The van der Waals surface area contributed by atoms with Crippen LogP contribution in [0.3, 0.4) is 0 Å². The SMILES string of the molecule is CC1CSCC1Nc1ccncc1. The van der Waals surface area contributed by atoms with E-state index in [-0.39, 0.29) is 0 Å². The predicted molar refractivity (Wildman–Crippen MR) is 58.1 cm³/mol. The van der Waals surface area contributed by atoms with Gasteiger partial charge in [0.1, 0.15) is 0 Å². The summed E-state index contributed by atoms with van der Waals surface area (Å²) in [4.78, 5) is 3.99. The molecule has 2 nitrogen and oxygen atoms in total. The first-order chi connectivity index (χ1) is 6.36. The molecule has 0 aliphatic carbocycles. The minimum atomic E-state index is 0.632. The number of thioether (sulfide) groups is 1. The van der Waals surface area contributed by atoms with Crippen LogP contribution in [0.1, 0.15) is 6.92 Å². The first kappa shape index (κ1) is 8.88. The lowest BCUT2D eigenvalue weighted by Crippen LogP contribution is -2.25. The van der Waals surface area contributed by atoms with Crippen molar-refractivity contribution in [1.29, 1.82) is 0 Å². The van der Waals surface area contributed by atoms with E-state index in [1.807, 2.05) is 36.3 Å². The van der Waals surface area contributed by atoms with Crippen LogP contribution in [-0.2, 0) is 0 Å². The topological polar surface area (TPSA) is 24.9 Å². The summed E-state index contributed by atoms with van der Waals surface area (Å²) in [5.74, 6) is 3.28. The molecule has 0 radical (unpaired) electrons. The highest BCUT2D eigenvalue weighted by molar-refractivity contribution is 7.99. The molecule has 0 aromatic carbocycles. The van der Waals surface area contributed by atoms with Crippen LogP contribution < -0.4 is 5.32 Å². The minimum Gasteiger partial charge on any atom is -0.381 e. The molecular weight excluding hydrogens is 180 g/mol. The van der Waals surface area contributed by atoms with Crippen molar-refractivity contribution in [3.63, 3.8) is 0 Å². The maximum absolute atomic E-state index is 3.99. The second-order valence-electron chi connectivity index (χ2n) is 3.50. The first-order valence-electron chi connectivity index (χ1n) is 4.60.